The first-order chi connectivity index (χ1) is 16.3. The molecule has 1 aromatic carbocycles. The second-order valence-corrected chi connectivity index (χ2v) is 6.57. The molecular weight excluding hydrogens is 384 g/mol. The van der Waals surface area contributed by atoms with Gasteiger partial charge < -0.3 is 10.2 Å². The van der Waals surface area contributed by atoms with E-state index in [0.29, 0.717) is 4.90 Å². The van der Waals surface area contributed by atoms with Crippen molar-refractivity contribution in [3.8, 4) is 0 Å². The SMILES string of the molecule is [2H]C([2H])(C)c1ccc(C([2H])([2H])NCC2(F)CC([2H])([2H])N(C(=O)c3ccc(F)c(Cl)c3)CC2([2H])[2H])nc1. The van der Waals surface area contributed by atoms with Gasteiger partial charge in [-0.2, -0.15) is 0 Å². The number of hydrogen-bond donors (Lipinski definition) is 1. The van der Waals surface area contributed by atoms with E-state index >= 15 is 4.39 Å². The summed E-state index contributed by atoms with van der Waals surface area (Å²) in [6.45, 7) is -5.76. The predicted octanol–water partition coefficient (Wildman–Crippen LogP) is 4.17. The molecule has 3 rings (SSSR count). The van der Waals surface area contributed by atoms with Crippen molar-refractivity contribution in [2.75, 3.05) is 19.6 Å². The van der Waals surface area contributed by atoms with Crippen LogP contribution in [0.25, 0.3) is 0 Å². The number of amides is 1. The average molecular weight is 416 g/mol. The van der Waals surface area contributed by atoms with Gasteiger partial charge in [-0.25, -0.2) is 8.78 Å². The molecule has 1 aliphatic heterocycles. The topological polar surface area (TPSA) is 45.2 Å². The molecule has 7 heteroatoms. The van der Waals surface area contributed by atoms with Crippen molar-refractivity contribution in [2.45, 2.75) is 38.3 Å². The highest BCUT2D eigenvalue weighted by Crippen LogP contribution is 2.27. The minimum absolute atomic E-state index is 0.201. The number of benzene rings is 1. The van der Waals surface area contributed by atoms with Gasteiger partial charge in [0.15, 0.2) is 0 Å². The Morgan fingerprint density at radius 1 is 1.46 bits per heavy atom. The van der Waals surface area contributed by atoms with Crippen LogP contribution in [0.2, 0.25) is 5.02 Å². The number of pyridine rings is 1. The predicted molar refractivity (Wildman–Crippen MR) is 106 cm³/mol. The quantitative estimate of drug-likeness (QED) is 0.770. The van der Waals surface area contributed by atoms with Crippen LogP contribution < -0.4 is 5.32 Å². The van der Waals surface area contributed by atoms with Gasteiger partial charge in [0, 0.05) is 61.6 Å². The number of rotatable bonds is 6. The second kappa shape index (κ2) is 8.97. The molecule has 2 aromatic rings. The van der Waals surface area contributed by atoms with E-state index in [-0.39, 0.29) is 21.8 Å². The number of hydrogen-bond acceptors (Lipinski definition) is 3. The summed E-state index contributed by atoms with van der Waals surface area (Å²) in [5.74, 6) is -1.80. The molecule has 28 heavy (non-hydrogen) atoms. The minimum Gasteiger partial charge on any atom is -0.338 e. The Labute approximate surface area is 180 Å². The fourth-order valence-electron chi connectivity index (χ4n) is 2.50. The van der Waals surface area contributed by atoms with E-state index in [1.54, 1.807) is 0 Å². The highest BCUT2D eigenvalue weighted by Gasteiger charge is 2.35. The normalized spacial score (nSPS) is 28.5. The molecule has 4 nitrogen and oxygen atoms in total. The molecule has 1 aliphatic rings. The highest BCUT2D eigenvalue weighted by atomic mass is 35.5. The number of nitrogens with zero attached hydrogens (tertiary/aromatic N) is 2. The standard InChI is InChI=1S/C21H24ClF2N3O/c1-2-15-3-5-17(26-12-15)13-25-14-21(24)7-9-27(10-8-21)20(28)16-4-6-19(23)18(22)11-16/h3-6,11-12,25H,2,7-10,13-14H2,1H3/i2D2,7D2,10D2,13D2. The van der Waals surface area contributed by atoms with Crippen molar-refractivity contribution in [3.05, 3.63) is 64.2 Å². The van der Waals surface area contributed by atoms with Gasteiger partial charge in [-0.1, -0.05) is 24.6 Å². The summed E-state index contributed by atoms with van der Waals surface area (Å²) < 4.78 is 94.2. The maximum absolute atomic E-state index is 15.9. The van der Waals surface area contributed by atoms with Crippen molar-refractivity contribution in [2.24, 2.45) is 0 Å². The van der Waals surface area contributed by atoms with Crippen molar-refractivity contribution in [1.82, 2.24) is 15.2 Å². The molecule has 1 atom stereocenters. The average Bonchev–Trinajstić information content (AvgIpc) is 2.76. The molecule has 1 fully saturated rings. The van der Waals surface area contributed by atoms with E-state index in [0.717, 1.165) is 24.4 Å². The Morgan fingerprint density at radius 3 is 2.96 bits per heavy atom. The number of halogens is 3. The third-order valence-corrected chi connectivity index (χ3v) is 4.44. The molecule has 2 heterocycles. The van der Waals surface area contributed by atoms with Gasteiger partial charge in [-0.3, -0.25) is 9.78 Å². The van der Waals surface area contributed by atoms with Crippen LogP contribution >= 0.6 is 11.6 Å². The smallest absolute Gasteiger partial charge is 0.253 e. The Morgan fingerprint density at radius 2 is 2.29 bits per heavy atom. The zero-order valence-electron chi connectivity index (χ0n) is 23.0. The van der Waals surface area contributed by atoms with Crippen molar-refractivity contribution >= 4 is 17.5 Å². The first-order valence-corrected chi connectivity index (χ1v) is 8.85. The van der Waals surface area contributed by atoms with Gasteiger partial charge in [-0.05, 0) is 36.2 Å². The van der Waals surface area contributed by atoms with Gasteiger partial charge in [0.25, 0.3) is 5.91 Å². The van der Waals surface area contributed by atoms with Crippen LogP contribution in [0.1, 0.15) is 52.3 Å². The largest absolute Gasteiger partial charge is 0.338 e. The van der Waals surface area contributed by atoms with Crippen LogP contribution in [0.5, 0.6) is 0 Å². The summed E-state index contributed by atoms with van der Waals surface area (Å²) >= 11 is 5.69. The summed E-state index contributed by atoms with van der Waals surface area (Å²) in [7, 11) is 0. The number of carbonyl (C=O) groups excluding carboxylic acids is 1. The lowest BCUT2D eigenvalue weighted by atomic mass is 9.92. The maximum Gasteiger partial charge on any atom is 0.253 e. The van der Waals surface area contributed by atoms with E-state index in [2.05, 4.69) is 10.3 Å². The van der Waals surface area contributed by atoms with E-state index in [9.17, 15) is 9.18 Å². The van der Waals surface area contributed by atoms with Gasteiger partial charge in [0.1, 0.15) is 11.5 Å². The second-order valence-electron chi connectivity index (χ2n) is 6.16. The summed E-state index contributed by atoms with van der Waals surface area (Å²) in [4.78, 5) is 17.3. The Balaban J connectivity index is 1.80. The molecule has 0 saturated carbocycles. The van der Waals surface area contributed by atoms with Gasteiger partial charge in [0.2, 0.25) is 0 Å². The Bertz CT molecular complexity index is 1150. The highest BCUT2D eigenvalue weighted by molar-refractivity contribution is 6.31. The molecule has 1 aromatic heterocycles. The molecule has 1 unspecified atom stereocenters. The Hall–Kier alpha value is -2.05. The van der Waals surface area contributed by atoms with Crippen LogP contribution in [0.15, 0.2) is 36.5 Å². The molecule has 0 bridgehead atoms. The zero-order valence-corrected chi connectivity index (χ0v) is 15.8. The van der Waals surface area contributed by atoms with Crippen LogP contribution in [-0.4, -0.2) is 41.0 Å². The van der Waals surface area contributed by atoms with Crippen LogP contribution in [0, 0.1) is 5.82 Å². The first kappa shape index (κ1) is 12.5. The minimum atomic E-state index is -2.93. The lowest BCUT2D eigenvalue weighted by Gasteiger charge is -2.36. The van der Waals surface area contributed by atoms with E-state index in [1.165, 1.54) is 19.1 Å². The number of aromatic nitrogens is 1. The van der Waals surface area contributed by atoms with Crippen molar-refractivity contribution in [3.63, 3.8) is 0 Å². The molecule has 1 amide bonds. The van der Waals surface area contributed by atoms with Gasteiger partial charge in [-0.15, -0.1) is 0 Å². The van der Waals surface area contributed by atoms with Gasteiger partial charge in [0.05, 0.1) is 10.7 Å². The van der Waals surface area contributed by atoms with E-state index in [4.69, 9.17) is 22.6 Å². The van der Waals surface area contributed by atoms with E-state index < -0.39 is 62.6 Å². The molecule has 1 saturated heterocycles. The van der Waals surface area contributed by atoms with Crippen LogP contribution in [0.3, 0.4) is 0 Å². The van der Waals surface area contributed by atoms with Crippen molar-refractivity contribution in [1.29, 1.82) is 0 Å². The fraction of sp³-hybridized carbons (Fsp3) is 0.429. The van der Waals surface area contributed by atoms with Crippen molar-refractivity contribution < 1.29 is 24.5 Å². The summed E-state index contributed by atoms with van der Waals surface area (Å²) in [6, 6.07) is 5.49. The number of piperidine rings is 1. The number of nitrogens with one attached hydrogen (secondary N) is 1. The lowest BCUT2D eigenvalue weighted by molar-refractivity contribution is 0.0434. The monoisotopic (exact) mass is 415 g/mol. The fourth-order valence-corrected chi connectivity index (χ4v) is 2.68. The number of alkyl halides is 1. The molecule has 0 spiro atoms. The summed E-state index contributed by atoms with van der Waals surface area (Å²) in [5.41, 5.74) is -3.13. The maximum atomic E-state index is 15.9. The first-order valence-electron chi connectivity index (χ1n) is 12.5. The van der Waals surface area contributed by atoms with Crippen LogP contribution in [0.4, 0.5) is 8.78 Å². The summed E-state index contributed by atoms with van der Waals surface area (Å²) in [6.07, 6.45) is -4.47. The zero-order chi connectivity index (χ0) is 27.3. The van der Waals surface area contributed by atoms with Gasteiger partial charge >= 0.3 is 0 Å². The number of likely N-dealkylation sites (tertiary alicyclic amines) is 1. The molecule has 0 aliphatic carbocycles. The molecule has 0 radical (unpaired) electrons. The number of carbonyl (C=O) groups is 1. The molecular formula is C21H24ClF2N3O. The third kappa shape index (κ3) is 5.06. The van der Waals surface area contributed by atoms with E-state index in [1.807, 2.05) is 0 Å². The lowest BCUT2D eigenvalue weighted by Crippen LogP contribution is -2.48. The number of aryl methyl sites for hydroxylation is 1. The Kier molecular flexibility index (Phi) is 4.00. The summed E-state index contributed by atoms with van der Waals surface area (Å²) in [5, 5.41) is 1.87. The molecule has 150 valence electrons. The third-order valence-electron chi connectivity index (χ3n) is 4.15. The van der Waals surface area contributed by atoms with Crippen LogP contribution in [-0.2, 0) is 12.9 Å². The molecule has 1 N–H and O–H groups in total.